The highest BCUT2D eigenvalue weighted by Gasteiger charge is 2.36. The molecule has 6 nitrogen and oxygen atoms in total. The summed E-state index contributed by atoms with van der Waals surface area (Å²) in [5.41, 5.74) is 3.06. The number of ether oxygens (including phenoxy) is 1. The molecular weight excluding hydrogens is 412 g/mol. The summed E-state index contributed by atoms with van der Waals surface area (Å²) in [6, 6.07) is 15.5. The van der Waals surface area contributed by atoms with Crippen LogP contribution in [-0.2, 0) is 16.2 Å². The summed E-state index contributed by atoms with van der Waals surface area (Å²) >= 11 is 0.855. The fourth-order valence-electron chi connectivity index (χ4n) is 3.23. The number of benzene rings is 2. The van der Waals surface area contributed by atoms with Gasteiger partial charge in [-0.05, 0) is 61.9 Å². The van der Waals surface area contributed by atoms with Crippen LogP contribution >= 0.6 is 11.8 Å². The van der Waals surface area contributed by atoms with Gasteiger partial charge in [0.25, 0.3) is 11.1 Å². The highest BCUT2D eigenvalue weighted by atomic mass is 32.2. The first kappa shape index (κ1) is 22.6. The van der Waals surface area contributed by atoms with Gasteiger partial charge in [0.15, 0.2) is 0 Å². The maximum absolute atomic E-state index is 12.6. The van der Waals surface area contributed by atoms with E-state index in [1.807, 2.05) is 63.2 Å². The number of thioether (sulfide) groups is 1. The minimum absolute atomic E-state index is 0.227. The van der Waals surface area contributed by atoms with Gasteiger partial charge in [0.05, 0.1) is 4.91 Å². The number of aryl methyl sites for hydroxylation is 1. The summed E-state index contributed by atoms with van der Waals surface area (Å²) in [6.07, 6.45) is 1.66. The van der Waals surface area contributed by atoms with Crippen LogP contribution in [0, 0.1) is 6.92 Å². The molecule has 0 atom stereocenters. The van der Waals surface area contributed by atoms with Crippen molar-refractivity contribution in [3.8, 4) is 5.75 Å². The van der Waals surface area contributed by atoms with E-state index in [1.165, 1.54) is 5.56 Å². The molecule has 1 saturated heterocycles. The van der Waals surface area contributed by atoms with Gasteiger partial charge in [0, 0.05) is 13.1 Å². The van der Waals surface area contributed by atoms with Crippen LogP contribution in [0.15, 0.2) is 53.4 Å². The van der Waals surface area contributed by atoms with Crippen LogP contribution in [0.3, 0.4) is 0 Å². The van der Waals surface area contributed by atoms with E-state index in [2.05, 4.69) is 6.07 Å². The van der Waals surface area contributed by atoms with E-state index < -0.39 is 11.1 Å². The summed E-state index contributed by atoms with van der Waals surface area (Å²) in [5.74, 6) is 0.0514. The molecule has 3 rings (SSSR count). The van der Waals surface area contributed by atoms with Crippen LogP contribution in [0.5, 0.6) is 5.75 Å². The molecule has 1 heterocycles. The average Bonchev–Trinajstić information content (AvgIpc) is 3.01. The molecular formula is C24H26N2O4S. The van der Waals surface area contributed by atoms with E-state index in [4.69, 9.17) is 4.74 Å². The van der Waals surface area contributed by atoms with Gasteiger partial charge < -0.3 is 9.64 Å². The van der Waals surface area contributed by atoms with Crippen molar-refractivity contribution in [2.24, 2.45) is 0 Å². The Bertz CT molecular complexity index is 997. The minimum Gasteiger partial charge on any atom is -0.489 e. The van der Waals surface area contributed by atoms with Crippen LogP contribution in [0.2, 0.25) is 0 Å². The maximum atomic E-state index is 12.6. The van der Waals surface area contributed by atoms with Gasteiger partial charge in [0.2, 0.25) is 5.91 Å². The van der Waals surface area contributed by atoms with Gasteiger partial charge in [-0.3, -0.25) is 19.3 Å². The van der Waals surface area contributed by atoms with Crippen molar-refractivity contribution in [3.63, 3.8) is 0 Å². The number of likely N-dealkylation sites (N-methyl/N-ethyl adjacent to an activating group) is 1. The fraction of sp³-hybridized carbons (Fsp3) is 0.292. The molecule has 1 aliphatic rings. The molecule has 0 spiro atoms. The van der Waals surface area contributed by atoms with E-state index >= 15 is 0 Å². The van der Waals surface area contributed by atoms with Gasteiger partial charge >= 0.3 is 0 Å². The zero-order chi connectivity index (χ0) is 22.4. The monoisotopic (exact) mass is 438 g/mol. The van der Waals surface area contributed by atoms with Gasteiger partial charge in [-0.1, -0.05) is 42.0 Å². The Labute approximate surface area is 186 Å². The normalized spacial score (nSPS) is 14.9. The highest BCUT2D eigenvalue weighted by molar-refractivity contribution is 8.18. The molecule has 0 saturated carbocycles. The molecule has 2 aromatic rings. The Morgan fingerprint density at radius 3 is 2.45 bits per heavy atom. The number of hydrogen-bond acceptors (Lipinski definition) is 5. The SMILES string of the molecule is CCN(CC)C(=O)CN1C(=O)S/C(=C\c2ccc(OCc3cccc(C)c3)cc2)C1=O. The Morgan fingerprint density at radius 1 is 1.10 bits per heavy atom. The molecule has 0 aromatic heterocycles. The molecule has 0 radical (unpaired) electrons. The average molecular weight is 439 g/mol. The van der Waals surface area contributed by atoms with Crippen molar-refractivity contribution in [2.75, 3.05) is 19.6 Å². The van der Waals surface area contributed by atoms with E-state index in [0.717, 1.165) is 33.5 Å². The van der Waals surface area contributed by atoms with E-state index in [9.17, 15) is 14.4 Å². The molecule has 7 heteroatoms. The minimum atomic E-state index is -0.435. The predicted molar refractivity (Wildman–Crippen MR) is 123 cm³/mol. The van der Waals surface area contributed by atoms with Crippen LogP contribution in [0.1, 0.15) is 30.5 Å². The van der Waals surface area contributed by atoms with Crippen LogP contribution in [-0.4, -0.2) is 46.5 Å². The number of nitrogens with zero attached hydrogens (tertiary/aromatic N) is 2. The van der Waals surface area contributed by atoms with Crippen LogP contribution in [0.4, 0.5) is 4.79 Å². The molecule has 1 aliphatic heterocycles. The zero-order valence-electron chi connectivity index (χ0n) is 18.0. The second-order valence-electron chi connectivity index (χ2n) is 7.18. The van der Waals surface area contributed by atoms with Gasteiger partial charge in [-0.15, -0.1) is 0 Å². The second-order valence-corrected chi connectivity index (χ2v) is 8.17. The summed E-state index contributed by atoms with van der Waals surface area (Å²) in [5, 5.41) is -0.421. The first-order valence-electron chi connectivity index (χ1n) is 10.2. The number of amides is 3. The third-order valence-electron chi connectivity index (χ3n) is 4.95. The molecule has 0 aliphatic carbocycles. The third kappa shape index (κ3) is 5.76. The molecule has 0 unspecified atom stereocenters. The Balaban J connectivity index is 1.63. The lowest BCUT2D eigenvalue weighted by atomic mass is 10.1. The second kappa shape index (κ2) is 10.3. The molecule has 0 N–H and O–H groups in total. The van der Waals surface area contributed by atoms with Gasteiger partial charge in [-0.25, -0.2) is 0 Å². The topological polar surface area (TPSA) is 66.9 Å². The number of carbonyl (C=O) groups excluding carboxylic acids is 3. The lowest BCUT2D eigenvalue weighted by molar-refractivity contribution is -0.135. The Hall–Kier alpha value is -3.06. The first-order chi connectivity index (χ1) is 14.9. The summed E-state index contributed by atoms with van der Waals surface area (Å²) in [4.78, 5) is 40.1. The van der Waals surface area contributed by atoms with Crippen molar-refractivity contribution >= 4 is 34.9 Å². The maximum Gasteiger partial charge on any atom is 0.294 e. The molecule has 162 valence electrons. The largest absolute Gasteiger partial charge is 0.489 e. The Morgan fingerprint density at radius 2 is 1.81 bits per heavy atom. The first-order valence-corrected chi connectivity index (χ1v) is 11.0. The molecule has 0 bridgehead atoms. The predicted octanol–water partition coefficient (Wildman–Crippen LogP) is 4.48. The number of carbonyl (C=O) groups is 3. The zero-order valence-corrected chi connectivity index (χ0v) is 18.8. The van der Waals surface area contributed by atoms with Crippen molar-refractivity contribution in [2.45, 2.75) is 27.4 Å². The van der Waals surface area contributed by atoms with Gasteiger partial charge in [-0.2, -0.15) is 0 Å². The smallest absolute Gasteiger partial charge is 0.294 e. The molecule has 31 heavy (non-hydrogen) atoms. The highest BCUT2D eigenvalue weighted by Crippen LogP contribution is 2.32. The lowest BCUT2D eigenvalue weighted by Gasteiger charge is -2.21. The van der Waals surface area contributed by atoms with Crippen LogP contribution < -0.4 is 4.74 Å². The molecule has 3 amide bonds. The molecule has 2 aromatic carbocycles. The Kier molecular flexibility index (Phi) is 7.52. The fourth-order valence-corrected chi connectivity index (χ4v) is 4.07. The van der Waals surface area contributed by atoms with Crippen LogP contribution in [0.25, 0.3) is 6.08 Å². The lowest BCUT2D eigenvalue weighted by Crippen LogP contribution is -2.41. The number of rotatable bonds is 8. The quantitative estimate of drug-likeness (QED) is 0.569. The summed E-state index contributed by atoms with van der Waals surface area (Å²) < 4.78 is 5.82. The third-order valence-corrected chi connectivity index (χ3v) is 5.86. The van der Waals surface area contributed by atoms with E-state index in [1.54, 1.807) is 11.0 Å². The van der Waals surface area contributed by atoms with Crippen molar-refractivity contribution in [1.82, 2.24) is 9.80 Å². The van der Waals surface area contributed by atoms with Gasteiger partial charge in [0.1, 0.15) is 18.9 Å². The molecule has 1 fully saturated rings. The van der Waals surface area contributed by atoms with Crippen molar-refractivity contribution in [1.29, 1.82) is 0 Å². The van der Waals surface area contributed by atoms with E-state index in [0.29, 0.717) is 24.6 Å². The van der Waals surface area contributed by atoms with Crippen molar-refractivity contribution in [3.05, 3.63) is 70.1 Å². The summed E-state index contributed by atoms with van der Waals surface area (Å²) in [6.45, 7) is 7.10. The standard InChI is InChI=1S/C24H26N2O4S/c1-4-25(5-2)22(27)15-26-23(28)21(31-24(26)29)14-18-9-11-20(12-10-18)30-16-19-8-6-7-17(3)13-19/h6-14H,4-5,15-16H2,1-3H3/b21-14-. The number of hydrogen-bond donors (Lipinski definition) is 0. The summed E-state index contributed by atoms with van der Waals surface area (Å²) in [7, 11) is 0. The van der Waals surface area contributed by atoms with Crippen molar-refractivity contribution < 1.29 is 19.1 Å². The van der Waals surface area contributed by atoms with E-state index in [-0.39, 0.29) is 12.5 Å². The number of imide groups is 1.